The van der Waals surface area contributed by atoms with Crippen LogP contribution < -0.4 is 11.1 Å². The topological polar surface area (TPSA) is 86.1 Å². The minimum atomic E-state index is -0.324. The molecule has 7 heteroatoms. The molecule has 2 heterocycles. The molecular weight excluding hydrogens is 320 g/mol. The number of fused-ring (bicyclic) bond motifs is 1. The minimum absolute atomic E-state index is 0.324. The van der Waals surface area contributed by atoms with Crippen LogP contribution in [0.4, 0.5) is 0 Å². The molecule has 7 nitrogen and oxygen atoms in total. The van der Waals surface area contributed by atoms with Gasteiger partial charge in [-0.3, -0.25) is 4.57 Å². The second-order valence-electron chi connectivity index (χ2n) is 6.90. The van der Waals surface area contributed by atoms with Crippen molar-refractivity contribution in [3.8, 4) is 0 Å². The Morgan fingerprint density at radius 2 is 2.16 bits per heavy atom. The van der Waals surface area contributed by atoms with Crippen molar-refractivity contribution in [1.82, 2.24) is 20.1 Å². The second-order valence-corrected chi connectivity index (χ2v) is 6.90. The number of nitrogens with one attached hydrogen (secondary N) is 1. The van der Waals surface area contributed by atoms with Gasteiger partial charge in [0.15, 0.2) is 5.58 Å². The quantitative estimate of drug-likeness (QED) is 0.766. The van der Waals surface area contributed by atoms with Gasteiger partial charge in [-0.2, -0.15) is 0 Å². The van der Waals surface area contributed by atoms with E-state index >= 15 is 0 Å². The summed E-state index contributed by atoms with van der Waals surface area (Å²) in [6.45, 7) is 2.59. The van der Waals surface area contributed by atoms with Gasteiger partial charge in [-0.15, -0.1) is 10.2 Å². The molecule has 0 spiro atoms. The third-order valence-corrected chi connectivity index (χ3v) is 5.02. The lowest BCUT2D eigenvalue weighted by Crippen LogP contribution is -2.26. The van der Waals surface area contributed by atoms with Gasteiger partial charge in [0.1, 0.15) is 0 Å². The van der Waals surface area contributed by atoms with Crippen molar-refractivity contribution in [2.45, 2.75) is 45.2 Å². The molecule has 0 aliphatic heterocycles. The molecule has 1 aliphatic carbocycles. The van der Waals surface area contributed by atoms with E-state index in [1.54, 1.807) is 7.05 Å². The number of oxazole rings is 1. The van der Waals surface area contributed by atoms with Crippen molar-refractivity contribution < 1.29 is 8.83 Å². The molecule has 25 heavy (non-hydrogen) atoms. The molecule has 2 aromatic heterocycles. The first-order valence-electron chi connectivity index (χ1n) is 8.69. The number of nitrogens with zero attached hydrogens (tertiary/aromatic N) is 3. The molecule has 0 saturated heterocycles. The molecule has 3 aromatic rings. The molecule has 1 fully saturated rings. The van der Waals surface area contributed by atoms with E-state index in [0.717, 1.165) is 42.8 Å². The summed E-state index contributed by atoms with van der Waals surface area (Å²) in [7, 11) is 1.72. The maximum absolute atomic E-state index is 11.6. The monoisotopic (exact) mass is 342 g/mol. The van der Waals surface area contributed by atoms with Crippen LogP contribution in [0, 0.1) is 12.8 Å². The second kappa shape index (κ2) is 6.48. The van der Waals surface area contributed by atoms with Crippen LogP contribution in [0.1, 0.15) is 36.6 Å². The van der Waals surface area contributed by atoms with Gasteiger partial charge in [-0.25, -0.2) is 4.79 Å². The lowest BCUT2D eigenvalue weighted by atomic mass is 10.0. The highest BCUT2D eigenvalue weighted by atomic mass is 16.4. The van der Waals surface area contributed by atoms with E-state index in [9.17, 15) is 4.79 Å². The van der Waals surface area contributed by atoms with E-state index in [1.165, 1.54) is 11.0 Å². The number of aryl methyl sites for hydroxylation is 2. The van der Waals surface area contributed by atoms with Gasteiger partial charge >= 0.3 is 5.76 Å². The van der Waals surface area contributed by atoms with Crippen LogP contribution in [-0.2, 0) is 20.0 Å². The Bertz CT molecular complexity index is 939. The van der Waals surface area contributed by atoms with Gasteiger partial charge in [0.05, 0.1) is 5.52 Å². The highest BCUT2D eigenvalue weighted by Gasteiger charge is 2.26. The maximum atomic E-state index is 11.6. The fourth-order valence-electron chi connectivity index (χ4n) is 3.66. The van der Waals surface area contributed by atoms with Crippen LogP contribution in [0.15, 0.2) is 31.8 Å². The summed E-state index contributed by atoms with van der Waals surface area (Å²) in [5.41, 5.74) is 2.59. The lowest BCUT2D eigenvalue weighted by molar-refractivity contribution is 0.409. The predicted molar refractivity (Wildman–Crippen MR) is 92.2 cm³/mol. The number of aromatic nitrogens is 3. The molecular formula is C18H22N4O3. The fourth-order valence-corrected chi connectivity index (χ4v) is 3.66. The van der Waals surface area contributed by atoms with Crippen molar-refractivity contribution in [3.05, 3.63) is 46.1 Å². The number of hydrogen-bond donors (Lipinski definition) is 1. The molecule has 0 unspecified atom stereocenters. The molecule has 0 amide bonds. The Morgan fingerprint density at radius 3 is 2.96 bits per heavy atom. The first-order valence-corrected chi connectivity index (χ1v) is 8.69. The summed E-state index contributed by atoms with van der Waals surface area (Å²) in [5.74, 6) is 1.64. The Labute approximate surface area is 145 Å². The predicted octanol–water partition coefficient (Wildman–Crippen LogP) is 2.32. The van der Waals surface area contributed by atoms with Crippen molar-refractivity contribution in [3.63, 3.8) is 0 Å². The lowest BCUT2D eigenvalue weighted by Gasteiger charge is -2.13. The Hall–Kier alpha value is -2.41. The number of hydrogen-bond acceptors (Lipinski definition) is 6. The fraction of sp³-hybridized carbons (Fsp3) is 0.500. The SMILES string of the molecule is Cc1nnc(C[C@@H]2CC[C@H](NCc3ccc4c(c3)oc(=O)n4C)C2)o1. The van der Waals surface area contributed by atoms with E-state index in [1.807, 2.05) is 25.1 Å². The number of rotatable bonds is 5. The molecule has 1 aromatic carbocycles. The van der Waals surface area contributed by atoms with Crippen LogP contribution in [0.2, 0.25) is 0 Å². The average molecular weight is 342 g/mol. The molecule has 1 N–H and O–H groups in total. The van der Waals surface area contributed by atoms with Gasteiger partial charge in [-0.05, 0) is 42.9 Å². The van der Waals surface area contributed by atoms with Gasteiger partial charge in [0.25, 0.3) is 0 Å². The number of benzene rings is 1. The summed E-state index contributed by atoms with van der Waals surface area (Å²) in [5, 5.41) is 11.6. The van der Waals surface area contributed by atoms with Crippen LogP contribution >= 0.6 is 0 Å². The molecule has 1 saturated carbocycles. The Morgan fingerprint density at radius 1 is 1.28 bits per heavy atom. The largest absolute Gasteiger partial charge is 0.426 e. The molecule has 2 atom stereocenters. The van der Waals surface area contributed by atoms with Crippen molar-refractivity contribution >= 4 is 11.1 Å². The molecule has 0 bridgehead atoms. The molecule has 4 rings (SSSR count). The van der Waals surface area contributed by atoms with E-state index in [2.05, 4.69) is 15.5 Å². The third-order valence-electron chi connectivity index (χ3n) is 5.02. The Balaban J connectivity index is 1.33. The van der Waals surface area contributed by atoms with Crippen molar-refractivity contribution in [1.29, 1.82) is 0 Å². The van der Waals surface area contributed by atoms with Crippen LogP contribution in [-0.4, -0.2) is 20.8 Å². The maximum Gasteiger partial charge on any atom is 0.419 e. The highest BCUT2D eigenvalue weighted by molar-refractivity contribution is 5.73. The van der Waals surface area contributed by atoms with E-state index in [-0.39, 0.29) is 5.76 Å². The zero-order chi connectivity index (χ0) is 17.4. The van der Waals surface area contributed by atoms with E-state index in [0.29, 0.717) is 23.4 Å². The highest BCUT2D eigenvalue weighted by Crippen LogP contribution is 2.28. The average Bonchev–Trinajstić information content (AvgIpc) is 3.27. The first-order chi connectivity index (χ1) is 12.1. The summed E-state index contributed by atoms with van der Waals surface area (Å²) in [6.07, 6.45) is 4.30. The van der Waals surface area contributed by atoms with Crippen LogP contribution in [0.3, 0.4) is 0 Å². The van der Waals surface area contributed by atoms with Gasteiger partial charge < -0.3 is 14.2 Å². The van der Waals surface area contributed by atoms with Crippen LogP contribution in [0.25, 0.3) is 11.1 Å². The summed E-state index contributed by atoms with van der Waals surface area (Å²) < 4.78 is 12.3. The van der Waals surface area contributed by atoms with Crippen molar-refractivity contribution in [2.24, 2.45) is 13.0 Å². The third kappa shape index (κ3) is 3.37. The summed E-state index contributed by atoms with van der Waals surface area (Å²) in [6, 6.07) is 6.41. The zero-order valence-electron chi connectivity index (χ0n) is 14.5. The summed E-state index contributed by atoms with van der Waals surface area (Å²) >= 11 is 0. The smallest absolute Gasteiger partial charge is 0.419 e. The standard InChI is InChI=1S/C18H22N4O3/c1-11-20-21-17(24-11)9-12-3-5-14(7-12)19-10-13-4-6-15-16(8-13)25-18(23)22(15)2/h4,6,8,12,14,19H,3,5,7,9-10H2,1-2H3/t12-,14+/m1/s1. The van der Waals surface area contributed by atoms with Gasteiger partial charge in [0.2, 0.25) is 11.8 Å². The van der Waals surface area contributed by atoms with E-state index in [4.69, 9.17) is 8.83 Å². The van der Waals surface area contributed by atoms with E-state index < -0.39 is 0 Å². The van der Waals surface area contributed by atoms with Gasteiger partial charge in [-0.1, -0.05) is 6.07 Å². The minimum Gasteiger partial charge on any atom is -0.426 e. The molecule has 1 aliphatic rings. The normalized spacial score (nSPS) is 20.6. The molecule has 0 radical (unpaired) electrons. The Kier molecular flexibility index (Phi) is 4.17. The van der Waals surface area contributed by atoms with Crippen LogP contribution in [0.5, 0.6) is 0 Å². The molecule has 132 valence electrons. The zero-order valence-corrected chi connectivity index (χ0v) is 14.5. The summed E-state index contributed by atoms with van der Waals surface area (Å²) in [4.78, 5) is 11.6. The van der Waals surface area contributed by atoms with Crippen molar-refractivity contribution in [2.75, 3.05) is 0 Å². The van der Waals surface area contributed by atoms with Gasteiger partial charge in [0, 0.05) is 33.0 Å². The first kappa shape index (κ1) is 16.1.